The van der Waals surface area contributed by atoms with Crippen molar-refractivity contribution in [3.05, 3.63) is 0 Å². The average Bonchev–Trinajstić information content (AvgIpc) is 1.67. The molecule has 0 aromatic heterocycles. The minimum atomic E-state index is 0.828. The molecule has 1 fully saturated rings. The Hall–Kier alpha value is 0.220. The summed E-state index contributed by atoms with van der Waals surface area (Å²) in [6.45, 7) is 0. The van der Waals surface area contributed by atoms with Gasteiger partial charge in [0.2, 0.25) is 0 Å². The minimum Gasteiger partial charge on any atom is -0.189 e. The lowest BCUT2D eigenvalue weighted by Crippen LogP contribution is -2.25. The summed E-state index contributed by atoms with van der Waals surface area (Å²) < 4.78 is 0. The molecule has 0 aromatic rings. The summed E-state index contributed by atoms with van der Waals surface area (Å²) in [5.74, 6) is 4.27. The van der Waals surface area contributed by atoms with Gasteiger partial charge in [0.15, 0.2) is 0 Å². The maximum absolute atomic E-state index is 2.53. The summed E-state index contributed by atoms with van der Waals surface area (Å²) >= 11 is 0. The molecule has 0 aromatic carbocycles. The average molecular weight is 114 g/mol. The van der Waals surface area contributed by atoms with Gasteiger partial charge in [0.1, 0.15) is 0 Å². The molecule has 3 aliphatic heterocycles. The van der Waals surface area contributed by atoms with Gasteiger partial charge < -0.3 is 0 Å². The van der Waals surface area contributed by atoms with Crippen LogP contribution in [-0.2, 0) is 0 Å². The summed E-state index contributed by atoms with van der Waals surface area (Å²) in [6, 6.07) is 0. The molecule has 0 N–H and O–H groups in total. The molecule has 0 unspecified atom stereocenters. The van der Waals surface area contributed by atoms with Crippen LogP contribution >= 0.6 is 10.5 Å². The second-order valence-corrected chi connectivity index (χ2v) is 4.56. The van der Waals surface area contributed by atoms with Crippen LogP contribution in [0.2, 0.25) is 0 Å². The Balaban J connectivity index is 2.23. The molecule has 0 amide bonds. The van der Waals surface area contributed by atoms with Crippen LogP contribution in [0.3, 0.4) is 0 Å². The van der Waals surface area contributed by atoms with Gasteiger partial charge in [0.25, 0.3) is 0 Å². The third-order valence-electron chi connectivity index (χ3n) is 1.83. The Kier molecular flexibility index (Phi) is 0.795. The Morgan fingerprint density at radius 2 is 2.29 bits per heavy atom. The maximum atomic E-state index is 2.53. The van der Waals surface area contributed by atoms with E-state index in [2.05, 4.69) is 5.37 Å². The molecular weight excluding hydrogens is 104 g/mol. The van der Waals surface area contributed by atoms with Crippen LogP contribution in [0.1, 0.15) is 12.8 Å². The lowest BCUT2D eigenvalue weighted by molar-refractivity contribution is 0.588. The standard InChI is InChI=1S/C6H10S/c1-2-6-4-7(3-1)5-6/h3,6H,1-2,4-5H2. The van der Waals surface area contributed by atoms with E-state index in [-0.39, 0.29) is 0 Å². The van der Waals surface area contributed by atoms with Crippen molar-refractivity contribution in [2.24, 2.45) is 5.92 Å². The zero-order valence-electron chi connectivity index (χ0n) is 4.39. The molecule has 0 nitrogen and oxygen atoms in total. The highest BCUT2D eigenvalue weighted by molar-refractivity contribution is 8.16. The van der Waals surface area contributed by atoms with Gasteiger partial charge in [-0.25, -0.2) is 0 Å². The summed E-state index contributed by atoms with van der Waals surface area (Å²) in [5.41, 5.74) is 0. The normalized spacial score (nSPS) is 46.9. The van der Waals surface area contributed by atoms with Crippen LogP contribution in [-0.4, -0.2) is 16.9 Å². The third kappa shape index (κ3) is 0.548. The smallest absolute Gasteiger partial charge is 0.00838 e. The van der Waals surface area contributed by atoms with Gasteiger partial charge in [-0.15, -0.1) is 0 Å². The SMILES string of the molecule is C1=S2CC(CC1)C2. The molecule has 0 saturated carbocycles. The first-order valence-electron chi connectivity index (χ1n) is 2.95. The van der Waals surface area contributed by atoms with E-state index in [1.807, 2.05) is 0 Å². The molecule has 1 saturated heterocycles. The van der Waals surface area contributed by atoms with Crippen LogP contribution in [0.4, 0.5) is 0 Å². The zero-order chi connectivity index (χ0) is 4.69. The maximum Gasteiger partial charge on any atom is -0.00838 e. The number of rotatable bonds is 0. The van der Waals surface area contributed by atoms with Crippen LogP contribution in [0.15, 0.2) is 0 Å². The molecule has 7 heavy (non-hydrogen) atoms. The van der Waals surface area contributed by atoms with Crippen molar-refractivity contribution in [3.8, 4) is 0 Å². The van der Waals surface area contributed by atoms with E-state index in [4.69, 9.17) is 0 Å². The van der Waals surface area contributed by atoms with Crippen LogP contribution < -0.4 is 0 Å². The van der Waals surface area contributed by atoms with Gasteiger partial charge >= 0.3 is 0 Å². The van der Waals surface area contributed by atoms with Gasteiger partial charge in [-0.3, -0.25) is 0 Å². The quantitative estimate of drug-likeness (QED) is 0.418. The van der Waals surface area contributed by atoms with E-state index in [0.717, 1.165) is 16.4 Å². The molecule has 0 radical (unpaired) electrons. The van der Waals surface area contributed by atoms with Gasteiger partial charge in [-0.1, -0.05) is 5.37 Å². The van der Waals surface area contributed by atoms with Gasteiger partial charge in [-0.2, -0.15) is 10.5 Å². The van der Waals surface area contributed by atoms with Crippen LogP contribution in [0.5, 0.6) is 0 Å². The van der Waals surface area contributed by atoms with Gasteiger partial charge in [0, 0.05) is 0 Å². The molecule has 3 aliphatic rings. The lowest BCUT2D eigenvalue weighted by atomic mass is 10.1. The highest BCUT2D eigenvalue weighted by Crippen LogP contribution is 2.38. The Morgan fingerprint density at radius 3 is 2.43 bits per heavy atom. The van der Waals surface area contributed by atoms with E-state index in [0.29, 0.717) is 0 Å². The number of hydrogen-bond donors (Lipinski definition) is 0. The predicted octanol–water partition coefficient (Wildman–Crippen LogP) is 1.48. The van der Waals surface area contributed by atoms with Crippen molar-refractivity contribution in [1.82, 2.24) is 0 Å². The molecular formula is C6H10S. The van der Waals surface area contributed by atoms with E-state index in [9.17, 15) is 0 Å². The van der Waals surface area contributed by atoms with E-state index >= 15 is 0 Å². The molecule has 2 bridgehead atoms. The lowest BCUT2D eigenvalue weighted by Gasteiger charge is -2.34. The molecule has 0 spiro atoms. The third-order valence-corrected chi connectivity index (χ3v) is 4.33. The van der Waals surface area contributed by atoms with Gasteiger partial charge in [-0.05, 0) is 30.3 Å². The Bertz CT molecular complexity index is 107. The highest BCUT2D eigenvalue weighted by Gasteiger charge is 2.24. The molecule has 0 aliphatic carbocycles. The van der Waals surface area contributed by atoms with Crippen molar-refractivity contribution in [3.63, 3.8) is 0 Å². The molecule has 3 heterocycles. The number of fused-ring (bicyclic) bond motifs is 2. The fraction of sp³-hybridized carbons (Fsp3) is 0.833. The van der Waals surface area contributed by atoms with Crippen molar-refractivity contribution < 1.29 is 0 Å². The molecule has 3 rings (SSSR count). The minimum absolute atomic E-state index is 0.828. The first-order valence-corrected chi connectivity index (χ1v) is 4.57. The molecule has 0 atom stereocenters. The van der Waals surface area contributed by atoms with Crippen LogP contribution in [0.25, 0.3) is 0 Å². The van der Waals surface area contributed by atoms with Crippen molar-refractivity contribution in [2.75, 3.05) is 11.5 Å². The van der Waals surface area contributed by atoms with Crippen molar-refractivity contribution in [1.29, 1.82) is 0 Å². The first kappa shape index (κ1) is 4.13. The van der Waals surface area contributed by atoms with E-state index in [1.54, 1.807) is 11.5 Å². The van der Waals surface area contributed by atoms with Gasteiger partial charge in [0.05, 0.1) is 0 Å². The number of hydrogen-bond acceptors (Lipinski definition) is 0. The van der Waals surface area contributed by atoms with E-state index in [1.165, 1.54) is 12.8 Å². The highest BCUT2D eigenvalue weighted by atomic mass is 32.2. The summed E-state index contributed by atoms with van der Waals surface area (Å²) in [5, 5.41) is 2.53. The fourth-order valence-corrected chi connectivity index (χ4v) is 3.52. The Labute approximate surface area is 46.8 Å². The van der Waals surface area contributed by atoms with Crippen LogP contribution in [0, 0.1) is 5.92 Å². The fourth-order valence-electron chi connectivity index (χ4n) is 1.33. The largest absolute Gasteiger partial charge is 0.189 e. The Morgan fingerprint density at radius 1 is 1.43 bits per heavy atom. The molecule has 1 heteroatoms. The van der Waals surface area contributed by atoms with Crippen molar-refractivity contribution >= 4 is 15.9 Å². The van der Waals surface area contributed by atoms with Crippen molar-refractivity contribution in [2.45, 2.75) is 12.8 Å². The molecule has 40 valence electrons. The summed E-state index contributed by atoms with van der Waals surface area (Å²) in [7, 11) is 0.828. The summed E-state index contributed by atoms with van der Waals surface area (Å²) in [6.07, 6.45) is 2.93. The predicted molar refractivity (Wildman–Crippen MR) is 36.1 cm³/mol. The topological polar surface area (TPSA) is 0 Å². The first-order chi connectivity index (χ1) is 3.45. The monoisotopic (exact) mass is 114 g/mol. The second kappa shape index (κ2) is 1.35. The van der Waals surface area contributed by atoms with E-state index < -0.39 is 0 Å². The zero-order valence-corrected chi connectivity index (χ0v) is 5.21. The summed E-state index contributed by atoms with van der Waals surface area (Å²) in [4.78, 5) is 0. The second-order valence-electron chi connectivity index (χ2n) is 2.48.